The molecule has 0 aliphatic rings. The number of hydrogen-bond donors (Lipinski definition) is 3. The fraction of sp³-hybridized carbons (Fsp3) is 0.533. The maximum Gasteiger partial charge on any atom is 0.330 e. The standard InChI is InChI=1S/C15H24N2O2/c1-3-7-12(2)10-15(11-16,14(18)19)17-13-8-5-4-6-9-13/h4-6,8-9,12,17H,3,7,10-11,16H2,1-2H3,(H,18,19). The van der Waals surface area contributed by atoms with Crippen LogP contribution in [0.25, 0.3) is 0 Å². The Hall–Kier alpha value is -1.55. The molecule has 0 amide bonds. The Labute approximate surface area is 115 Å². The van der Waals surface area contributed by atoms with E-state index in [-0.39, 0.29) is 6.54 Å². The first-order valence-electron chi connectivity index (χ1n) is 6.80. The van der Waals surface area contributed by atoms with Crippen molar-refractivity contribution in [2.24, 2.45) is 11.7 Å². The van der Waals surface area contributed by atoms with E-state index in [1.807, 2.05) is 30.3 Å². The van der Waals surface area contributed by atoms with Crippen LogP contribution in [0, 0.1) is 5.92 Å². The first kappa shape index (κ1) is 15.5. The Morgan fingerprint density at radius 3 is 2.53 bits per heavy atom. The minimum atomic E-state index is -1.09. The smallest absolute Gasteiger partial charge is 0.330 e. The number of carbonyl (C=O) groups is 1. The minimum absolute atomic E-state index is 0.0747. The first-order chi connectivity index (χ1) is 9.04. The van der Waals surface area contributed by atoms with Crippen molar-refractivity contribution < 1.29 is 9.90 Å². The quantitative estimate of drug-likeness (QED) is 0.675. The highest BCUT2D eigenvalue weighted by molar-refractivity contribution is 5.83. The van der Waals surface area contributed by atoms with Gasteiger partial charge >= 0.3 is 5.97 Å². The maximum atomic E-state index is 11.7. The zero-order valence-corrected chi connectivity index (χ0v) is 11.7. The van der Waals surface area contributed by atoms with Crippen LogP contribution in [0.2, 0.25) is 0 Å². The van der Waals surface area contributed by atoms with Crippen LogP contribution in [-0.2, 0) is 4.79 Å². The molecule has 0 aliphatic heterocycles. The van der Waals surface area contributed by atoms with Crippen molar-refractivity contribution in [3.63, 3.8) is 0 Å². The molecule has 4 nitrogen and oxygen atoms in total. The number of benzene rings is 1. The van der Waals surface area contributed by atoms with Gasteiger partial charge in [-0.1, -0.05) is 44.9 Å². The molecular weight excluding hydrogens is 240 g/mol. The normalized spacial score (nSPS) is 15.5. The lowest BCUT2D eigenvalue weighted by Gasteiger charge is -2.32. The number of nitrogens with two attached hydrogens (primary N) is 1. The molecule has 0 spiro atoms. The highest BCUT2D eigenvalue weighted by Crippen LogP contribution is 2.25. The summed E-state index contributed by atoms with van der Waals surface area (Å²) in [7, 11) is 0. The Bertz CT molecular complexity index is 394. The maximum absolute atomic E-state index is 11.7. The molecule has 0 heterocycles. The molecule has 1 aromatic rings. The summed E-state index contributed by atoms with van der Waals surface area (Å²) >= 11 is 0. The third-order valence-electron chi connectivity index (χ3n) is 3.39. The van der Waals surface area contributed by atoms with E-state index in [1.165, 1.54) is 0 Å². The van der Waals surface area contributed by atoms with Crippen LogP contribution in [0.4, 0.5) is 5.69 Å². The number of para-hydroxylation sites is 1. The summed E-state index contributed by atoms with van der Waals surface area (Å²) < 4.78 is 0. The predicted octanol–water partition coefficient (Wildman–Crippen LogP) is 2.71. The van der Waals surface area contributed by atoms with Gasteiger partial charge in [0.25, 0.3) is 0 Å². The van der Waals surface area contributed by atoms with Crippen LogP contribution >= 0.6 is 0 Å². The first-order valence-corrected chi connectivity index (χ1v) is 6.80. The molecule has 4 heteroatoms. The number of anilines is 1. The van der Waals surface area contributed by atoms with Gasteiger partial charge in [0, 0.05) is 12.2 Å². The molecule has 0 bridgehead atoms. The average Bonchev–Trinajstić information content (AvgIpc) is 2.39. The SMILES string of the molecule is CCCC(C)CC(CN)(Nc1ccccc1)C(=O)O. The zero-order valence-electron chi connectivity index (χ0n) is 11.7. The van der Waals surface area contributed by atoms with E-state index in [4.69, 9.17) is 5.73 Å². The third-order valence-corrected chi connectivity index (χ3v) is 3.39. The lowest BCUT2D eigenvalue weighted by atomic mass is 9.85. The van der Waals surface area contributed by atoms with E-state index in [1.54, 1.807) is 0 Å². The minimum Gasteiger partial charge on any atom is -0.479 e. The van der Waals surface area contributed by atoms with Gasteiger partial charge < -0.3 is 16.2 Å². The van der Waals surface area contributed by atoms with E-state index in [0.717, 1.165) is 18.5 Å². The molecule has 4 N–H and O–H groups in total. The summed E-state index contributed by atoms with van der Waals surface area (Å²) in [5.41, 5.74) is 5.46. The Balaban J connectivity index is 2.89. The van der Waals surface area contributed by atoms with E-state index in [0.29, 0.717) is 12.3 Å². The summed E-state index contributed by atoms with van der Waals surface area (Å²) in [6.07, 6.45) is 2.58. The molecule has 1 aromatic carbocycles. The van der Waals surface area contributed by atoms with Gasteiger partial charge in [0.1, 0.15) is 5.54 Å². The van der Waals surface area contributed by atoms with Crippen molar-refractivity contribution in [3.8, 4) is 0 Å². The van der Waals surface area contributed by atoms with Crippen molar-refractivity contribution in [2.75, 3.05) is 11.9 Å². The lowest BCUT2D eigenvalue weighted by molar-refractivity contribution is -0.142. The third kappa shape index (κ3) is 4.24. The average molecular weight is 264 g/mol. The highest BCUT2D eigenvalue weighted by atomic mass is 16.4. The topological polar surface area (TPSA) is 75.3 Å². The van der Waals surface area contributed by atoms with E-state index < -0.39 is 11.5 Å². The molecule has 0 fully saturated rings. The molecule has 1 rings (SSSR count). The Morgan fingerprint density at radius 1 is 1.42 bits per heavy atom. The van der Waals surface area contributed by atoms with Gasteiger partial charge in [0.2, 0.25) is 0 Å². The van der Waals surface area contributed by atoms with Crippen molar-refractivity contribution >= 4 is 11.7 Å². The van der Waals surface area contributed by atoms with Crippen LogP contribution in [0.15, 0.2) is 30.3 Å². The zero-order chi connectivity index (χ0) is 14.3. The summed E-state index contributed by atoms with van der Waals surface area (Å²) in [4.78, 5) is 11.7. The molecule has 2 atom stereocenters. The Morgan fingerprint density at radius 2 is 2.05 bits per heavy atom. The van der Waals surface area contributed by atoms with Crippen molar-refractivity contribution in [3.05, 3.63) is 30.3 Å². The fourth-order valence-corrected chi connectivity index (χ4v) is 2.40. The van der Waals surface area contributed by atoms with Crippen LogP contribution in [0.1, 0.15) is 33.1 Å². The van der Waals surface area contributed by atoms with Gasteiger partial charge in [-0.3, -0.25) is 0 Å². The number of hydrogen-bond acceptors (Lipinski definition) is 3. The number of carboxylic acids is 1. The van der Waals surface area contributed by atoms with Crippen LogP contribution in [-0.4, -0.2) is 23.2 Å². The van der Waals surface area contributed by atoms with E-state index >= 15 is 0 Å². The molecule has 2 unspecified atom stereocenters. The molecule has 0 saturated carbocycles. The fourth-order valence-electron chi connectivity index (χ4n) is 2.40. The molecule has 0 radical (unpaired) electrons. The van der Waals surface area contributed by atoms with E-state index in [2.05, 4.69) is 19.2 Å². The second kappa shape index (κ2) is 7.14. The highest BCUT2D eigenvalue weighted by Gasteiger charge is 2.38. The van der Waals surface area contributed by atoms with Gasteiger partial charge in [-0.15, -0.1) is 0 Å². The lowest BCUT2D eigenvalue weighted by Crippen LogP contribution is -2.53. The predicted molar refractivity (Wildman–Crippen MR) is 78.2 cm³/mol. The van der Waals surface area contributed by atoms with Crippen molar-refractivity contribution in [1.82, 2.24) is 0 Å². The summed E-state index contributed by atoms with van der Waals surface area (Å²) in [6, 6.07) is 9.37. The molecule has 106 valence electrons. The van der Waals surface area contributed by atoms with Gasteiger partial charge in [0.05, 0.1) is 0 Å². The monoisotopic (exact) mass is 264 g/mol. The van der Waals surface area contributed by atoms with E-state index in [9.17, 15) is 9.90 Å². The van der Waals surface area contributed by atoms with Crippen LogP contribution < -0.4 is 11.1 Å². The van der Waals surface area contributed by atoms with Crippen LogP contribution in [0.3, 0.4) is 0 Å². The number of nitrogens with one attached hydrogen (secondary N) is 1. The van der Waals surface area contributed by atoms with Crippen LogP contribution in [0.5, 0.6) is 0 Å². The summed E-state index contributed by atoms with van der Waals surface area (Å²) in [6.45, 7) is 4.25. The van der Waals surface area contributed by atoms with Gasteiger partial charge in [-0.05, 0) is 24.5 Å². The molecule has 0 aliphatic carbocycles. The molecule has 0 aromatic heterocycles. The second-order valence-electron chi connectivity index (χ2n) is 5.18. The largest absolute Gasteiger partial charge is 0.479 e. The van der Waals surface area contributed by atoms with Gasteiger partial charge in [-0.25, -0.2) is 4.79 Å². The molecule has 0 saturated heterocycles. The Kier molecular flexibility index (Phi) is 5.83. The molecule has 19 heavy (non-hydrogen) atoms. The summed E-state index contributed by atoms with van der Waals surface area (Å²) in [5.74, 6) is -0.567. The molecular formula is C15H24N2O2. The van der Waals surface area contributed by atoms with Gasteiger partial charge in [0.15, 0.2) is 0 Å². The second-order valence-corrected chi connectivity index (χ2v) is 5.18. The van der Waals surface area contributed by atoms with Crippen molar-refractivity contribution in [2.45, 2.75) is 38.6 Å². The number of rotatable bonds is 8. The number of carboxylic acid groups (broad SMARTS) is 1. The van der Waals surface area contributed by atoms with Gasteiger partial charge in [-0.2, -0.15) is 0 Å². The van der Waals surface area contributed by atoms with Crippen molar-refractivity contribution in [1.29, 1.82) is 0 Å². The summed E-state index contributed by atoms with van der Waals surface area (Å²) in [5, 5.41) is 12.7. The number of aliphatic carboxylic acids is 1.